The predicted octanol–water partition coefficient (Wildman–Crippen LogP) is 1.91. The monoisotopic (exact) mass is 355 g/mol. The third-order valence-electron chi connectivity index (χ3n) is 3.89. The molecule has 1 saturated heterocycles. The fourth-order valence-corrected chi connectivity index (χ4v) is 3.44. The van der Waals surface area contributed by atoms with Crippen molar-refractivity contribution in [1.82, 2.24) is 0 Å². The number of aliphatic hydroxyl groups is 1. The van der Waals surface area contributed by atoms with Crippen molar-refractivity contribution in [1.29, 1.82) is 0 Å². The largest absolute Gasteiger partial charge is 0.508 e. The highest BCUT2D eigenvalue weighted by Crippen LogP contribution is 2.36. The maximum atomic E-state index is 12.1. The molecule has 0 amide bonds. The zero-order valence-electron chi connectivity index (χ0n) is 13.9. The Morgan fingerprint density at radius 3 is 2.62 bits per heavy atom. The molecule has 8 heteroatoms. The third kappa shape index (κ3) is 4.40. The average Bonchev–Trinajstić information content (AvgIpc) is 2.54. The molecule has 134 valence electrons. The zero-order valence-corrected chi connectivity index (χ0v) is 14.7. The van der Waals surface area contributed by atoms with Crippen LogP contribution >= 0.6 is 0 Å². The maximum absolute atomic E-state index is 12.1. The van der Waals surface area contributed by atoms with Crippen molar-refractivity contribution < 1.29 is 18.3 Å². The zero-order chi connectivity index (χ0) is 17.7. The van der Waals surface area contributed by atoms with E-state index in [9.17, 15) is 13.5 Å². The molecule has 0 atom stereocenters. The van der Waals surface area contributed by atoms with E-state index in [1.165, 1.54) is 6.07 Å². The number of morpholine rings is 1. The van der Waals surface area contributed by atoms with Crippen molar-refractivity contribution in [2.45, 2.75) is 24.7 Å². The van der Waals surface area contributed by atoms with E-state index in [0.717, 1.165) is 12.8 Å². The average molecular weight is 355 g/mol. The number of primary sulfonamides is 1. The minimum atomic E-state index is -3.97. The summed E-state index contributed by atoms with van der Waals surface area (Å²) in [6, 6.07) is 3.07. The quantitative estimate of drug-likeness (QED) is 0.510. The molecule has 1 aliphatic rings. The first-order valence-corrected chi connectivity index (χ1v) is 9.55. The number of benzene rings is 1. The van der Waals surface area contributed by atoms with Crippen LogP contribution in [0.1, 0.15) is 25.3 Å². The van der Waals surface area contributed by atoms with Gasteiger partial charge in [-0.05, 0) is 18.6 Å². The molecule has 0 bridgehead atoms. The van der Waals surface area contributed by atoms with Gasteiger partial charge in [0.25, 0.3) is 0 Å². The summed E-state index contributed by atoms with van der Waals surface area (Å²) in [5.74, 6) is -0.202. The highest BCUT2D eigenvalue weighted by molar-refractivity contribution is 7.89. The van der Waals surface area contributed by atoms with Crippen LogP contribution in [0.25, 0.3) is 5.76 Å². The number of unbranched alkanes of at least 4 members (excludes halogenated alkanes) is 1. The molecule has 1 aliphatic heterocycles. The first-order valence-electron chi connectivity index (χ1n) is 8.00. The number of rotatable bonds is 7. The topological polar surface area (TPSA) is 105 Å². The number of aliphatic hydroxyl groups excluding tert-OH is 1. The van der Waals surface area contributed by atoms with Crippen molar-refractivity contribution in [2.75, 3.05) is 43.1 Å². The van der Waals surface area contributed by atoms with E-state index in [2.05, 4.69) is 18.8 Å². The fraction of sp³-hybridized carbons (Fsp3) is 0.500. The predicted molar refractivity (Wildman–Crippen MR) is 95.9 cm³/mol. The van der Waals surface area contributed by atoms with Gasteiger partial charge in [0, 0.05) is 25.2 Å². The number of nitrogens with one attached hydrogen (secondary N) is 1. The molecular weight excluding hydrogens is 330 g/mol. The van der Waals surface area contributed by atoms with E-state index in [4.69, 9.17) is 9.88 Å². The second kappa shape index (κ2) is 7.87. The van der Waals surface area contributed by atoms with E-state index in [1.807, 2.05) is 4.90 Å². The van der Waals surface area contributed by atoms with Crippen LogP contribution in [-0.4, -0.2) is 46.4 Å². The van der Waals surface area contributed by atoms with Crippen LogP contribution in [0.3, 0.4) is 0 Å². The number of ether oxygens (including phenoxy) is 1. The Hall–Kier alpha value is -1.77. The molecule has 1 aromatic carbocycles. The Morgan fingerprint density at radius 1 is 1.42 bits per heavy atom. The maximum Gasteiger partial charge on any atom is 0.240 e. The molecule has 1 aromatic rings. The van der Waals surface area contributed by atoms with Crippen molar-refractivity contribution in [3.05, 3.63) is 24.3 Å². The highest BCUT2D eigenvalue weighted by Gasteiger charge is 2.25. The molecule has 0 saturated carbocycles. The Balaban J connectivity index is 2.58. The molecule has 0 aliphatic carbocycles. The van der Waals surface area contributed by atoms with Crippen LogP contribution in [0.15, 0.2) is 23.6 Å². The Morgan fingerprint density at radius 2 is 2.08 bits per heavy atom. The molecular formula is C16H25N3O4S. The smallest absolute Gasteiger partial charge is 0.240 e. The molecule has 0 spiro atoms. The number of anilines is 2. The van der Waals surface area contributed by atoms with Gasteiger partial charge >= 0.3 is 0 Å². The number of nitrogens with zero attached hydrogens (tertiary/aromatic N) is 1. The molecule has 4 N–H and O–H groups in total. The van der Waals surface area contributed by atoms with E-state index in [-0.39, 0.29) is 10.7 Å². The van der Waals surface area contributed by atoms with Gasteiger partial charge in [0.15, 0.2) is 0 Å². The van der Waals surface area contributed by atoms with Gasteiger partial charge in [0.1, 0.15) is 10.7 Å². The molecule has 0 unspecified atom stereocenters. The number of hydrogen-bond acceptors (Lipinski definition) is 6. The van der Waals surface area contributed by atoms with Crippen LogP contribution in [-0.2, 0) is 14.8 Å². The molecule has 0 radical (unpaired) electrons. The second-order valence-electron chi connectivity index (χ2n) is 5.74. The summed E-state index contributed by atoms with van der Waals surface area (Å²) in [4.78, 5) is 1.93. The molecule has 1 heterocycles. The van der Waals surface area contributed by atoms with Gasteiger partial charge in [0.05, 0.1) is 24.6 Å². The second-order valence-corrected chi connectivity index (χ2v) is 7.27. The Labute approximate surface area is 143 Å². The fourth-order valence-electron chi connectivity index (χ4n) is 2.64. The summed E-state index contributed by atoms with van der Waals surface area (Å²) >= 11 is 0. The lowest BCUT2D eigenvalue weighted by Crippen LogP contribution is -2.38. The number of nitrogens with two attached hydrogens (primary N) is 1. The van der Waals surface area contributed by atoms with Gasteiger partial charge in [-0.15, -0.1) is 0 Å². The van der Waals surface area contributed by atoms with Gasteiger partial charge in [-0.25, -0.2) is 13.6 Å². The Kier molecular flexibility index (Phi) is 6.09. The molecule has 2 rings (SSSR count). The normalized spacial score (nSPS) is 15.3. The van der Waals surface area contributed by atoms with E-state index in [1.54, 1.807) is 6.07 Å². The van der Waals surface area contributed by atoms with E-state index < -0.39 is 10.0 Å². The molecule has 24 heavy (non-hydrogen) atoms. The highest BCUT2D eigenvalue weighted by atomic mass is 32.2. The van der Waals surface area contributed by atoms with Crippen molar-refractivity contribution in [3.8, 4) is 0 Å². The van der Waals surface area contributed by atoms with Gasteiger partial charge in [-0.1, -0.05) is 19.9 Å². The lowest BCUT2D eigenvalue weighted by molar-refractivity contribution is 0.122. The van der Waals surface area contributed by atoms with E-state index >= 15 is 0 Å². The van der Waals surface area contributed by atoms with Crippen LogP contribution in [0, 0.1) is 0 Å². The first-order chi connectivity index (χ1) is 11.3. The summed E-state index contributed by atoms with van der Waals surface area (Å²) < 4.78 is 29.6. The minimum Gasteiger partial charge on any atom is -0.508 e. The Bertz CT molecular complexity index is 698. The van der Waals surface area contributed by atoms with Gasteiger partial charge in [-0.2, -0.15) is 0 Å². The minimum absolute atomic E-state index is 0.0175. The van der Waals surface area contributed by atoms with Crippen molar-refractivity contribution in [3.63, 3.8) is 0 Å². The van der Waals surface area contributed by atoms with E-state index in [0.29, 0.717) is 49.8 Å². The molecule has 0 aromatic heterocycles. The first kappa shape index (κ1) is 18.6. The summed E-state index contributed by atoms with van der Waals surface area (Å²) in [7, 11) is -3.97. The summed E-state index contributed by atoms with van der Waals surface area (Å²) in [6.07, 6.45) is 1.95. The number of hydrogen-bond donors (Lipinski definition) is 3. The third-order valence-corrected chi connectivity index (χ3v) is 4.81. The van der Waals surface area contributed by atoms with Crippen LogP contribution in [0.4, 0.5) is 11.4 Å². The van der Waals surface area contributed by atoms with Gasteiger partial charge < -0.3 is 20.1 Å². The van der Waals surface area contributed by atoms with Crippen LogP contribution < -0.4 is 15.4 Å². The molecule has 1 fully saturated rings. The van der Waals surface area contributed by atoms with Crippen LogP contribution in [0.2, 0.25) is 0 Å². The lowest BCUT2D eigenvalue weighted by atomic mass is 10.1. The summed E-state index contributed by atoms with van der Waals surface area (Å²) in [5, 5.41) is 18.4. The van der Waals surface area contributed by atoms with Gasteiger partial charge in [0.2, 0.25) is 10.0 Å². The number of sulfonamides is 1. The van der Waals surface area contributed by atoms with Crippen molar-refractivity contribution in [2.24, 2.45) is 5.14 Å². The summed E-state index contributed by atoms with van der Waals surface area (Å²) in [6.45, 7) is 8.45. The SMILES string of the molecule is C=C(O)c1cc(NCCCC)c(N2CCOCC2)c(S(N)(=O)=O)c1. The van der Waals surface area contributed by atoms with Crippen LogP contribution in [0.5, 0.6) is 0 Å². The lowest BCUT2D eigenvalue weighted by Gasteiger charge is -2.32. The molecule has 7 nitrogen and oxygen atoms in total. The standard InChI is InChI=1S/C16H25N3O4S/c1-3-4-5-18-14-10-13(12(2)20)11-15(24(17,21)22)16(14)19-6-8-23-9-7-19/h10-11,18,20H,2-9H2,1H3,(H2,17,21,22). The van der Waals surface area contributed by atoms with Crippen molar-refractivity contribution >= 4 is 27.2 Å². The summed E-state index contributed by atoms with van der Waals surface area (Å²) in [5.41, 5.74) is 1.49. The van der Waals surface area contributed by atoms with Gasteiger partial charge in [-0.3, -0.25) is 0 Å².